The maximum atomic E-state index is 12.4. The van der Waals surface area contributed by atoms with Crippen molar-refractivity contribution in [3.05, 3.63) is 38.7 Å². The average molecular weight is 425 g/mol. The molecule has 0 aliphatic carbocycles. The summed E-state index contributed by atoms with van der Waals surface area (Å²) in [5.74, 6) is -0.720. The van der Waals surface area contributed by atoms with E-state index >= 15 is 0 Å². The molecule has 0 unspecified atom stereocenters. The summed E-state index contributed by atoms with van der Waals surface area (Å²) in [5.41, 5.74) is 0.165. The van der Waals surface area contributed by atoms with Crippen LogP contribution in [-0.2, 0) is 25.5 Å². The molecule has 0 spiro atoms. The number of aryl methyl sites for hydroxylation is 1. The Bertz CT molecular complexity index is 970. The Morgan fingerprint density at radius 1 is 1.17 bits per heavy atom. The predicted molar refractivity (Wildman–Crippen MR) is 109 cm³/mol. The van der Waals surface area contributed by atoms with Crippen LogP contribution in [0.1, 0.15) is 45.2 Å². The number of ether oxygens (including phenoxy) is 3. The molecular formula is C21H25ClO7. The van der Waals surface area contributed by atoms with Crippen LogP contribution in [0.5, 0.6) is 5.75 Å². The van der Waals surface area contributed by atoms with Crippen LogP contribution in [0, 0.1) is 6.92 Å². The first-order valence-corrected chi connectivity index (χ1v) is 9.65. The van der Waals surface area contributed by atoms with Crippen LogP contribution in [0.4, 0.5) is 0 Å². The van der Waals surface area contributed by atoms with E-state index in [9.17, 15) is 14.4 Å². The lowest BCUT2D eigenvalue weighted by atomic mass is 10.0. The molecule has 0 amide bonds. The van der Waals surface area contributed by atoms with Crippen molar-refractivity contribution in [2.45, 2.75) is 53.1 Å². The summed E-state index contributed by atoms with van der Waals surface area (Å²) < 4.78 is 20.9. The highest BCUT2D eigenvalue weighted by molar-refractivity contribution is 6.32. The minimum absolute atomic E-state index is 0.0791. The van der Waals surface area contributed by atoms with Crippen LogP contribution in [-0.4, -0.2) is 30.8 Å². The van der Waals surface area contributed by atoms with Gasteiger partial charge in [0.05, 0.1) is 11.6 Å². The van der Waals surface area contributed by atoms with Crippen molar-refractivity contribution in [1.29, 1.82) is 0 Å². The molecule has 2 aromatic rings. The Balaban J connectivity index is 2.25. The molecule has 2 rings (SSSR count). The van der Waals surface area contributed by atoms with E-state index in [1.54, 1.807) is 40.7 Å². The predicted octanol–water partition coefficient (Wildman–Crippen LogP) is 3.97. The first-order chi connectivity index (χ1) is 13.5. The Morgan fingerprint density at radius 2 is 1.86 bits per heavy atom. The molecule has 0 bridgehead atoms. The van der Waals surface area contributed by atoms with Gasteiger partial charge in [-0.05, 0) is 52.7 Å². The summed E-state index contributed by atoms with van der Waals surface area (Å²) in [6.07, 6.45) is 0.285. The molecule has 29 heavy (non-hydrogen) atoms. The van der Waals surface area contributed by atoms with Crippen molar-refractivity contribution in [3.8, 4) is 5.75 Å². The molecule has 1 aromatic carbocycles. The second-order valence-electron chi connectivity index (χ2n) is 7.45. The smallest absolute Gasteiger partial charge is 0.344 e. The number of esters is 2. The van der Waals surface area contributed by atoms with Gasteiger partial charge in [0, 0.05) is 23.4 Å². The van der Waals surface area contributed by atoms with Crippen LogP contribution in [0.25, 0.3) is 11.0 Å². The maximum Gasteiger partial charge on any atom is 0.344 e. The Morgan fingerprint density at radius 3 is 2.48 bits per heavy atom. The van der Waals surface area contributed by atoms with Crippen LogP contribution in [0.15, 0.2) is 21.3 Å². The molecule has 0 saturated heterocycles. The fourth-order valence-corrected chi connectivity index (χ4v) is 2.98. The summed E-state index contributed by atoms with van der Waals surface area (Å²) in [4.78, 5) is 35.8. The zero-order valence-electron chi connectivity index (χ0n) is 17.2. The van der Waals surface area contributed by atoms with Crippen molar-refractivity contribution in [2.24, 2.45) is 0 Å². The maximum absolute atomic E-state index is 12.4. The normalized spacial score (nSPS) is 11.4. The second kappa shape index (κ2) is 9.31. The molecule has 158 valence electrons. The highest BCUT2D eigenvalue weighted by Crippen LogP contribution is 2.32. The van der Waals surface area contributed by atoms with Crippen LogP contribution < -0.4 is 10.4 Å². The van der Waals surface area contributed by atoms with Gasteiger partial charge in [0.25, 0.3) is 0 Å². The van der Waals surface area contributed by atoms with Crippen molar-refractivity contribution in [3.63, 3.8) is 0 Å². The van der Waals surface area contributed by atoms with E-state index in [1.807, 2.05) is 0 Å². The van der Waals surface area contributed by atoms with Crippen molar-refractivity contribution in [2.75, 3.05) is 13.2 Å². The molecule has 7 nitrogen and oxygen atoms in total. The van der Waals surface area contributed by atoms with E-state index in [0.29, 0.717) is 16.5 Å². The van der Waals surface area contributed by atoms with Gasteiger partial charge >= 0.3 is 17.6 Å². The van der Waals surface area contributed by atoms with Crippen molar-refractivity contribution < 1.29 is 28.2 Å². The van der Waals surface area contributed by atoms with Gasteiger partial charge < -0.3 is 18.6 Å². The molecule has 0 fully saturated rings. The largest absolute Gasteiger partial charge is 0.480 e. The number of benzene rings is 1. The zero-order valence-corrected chi connectivity index (χ0v) is 18.0. The van der Waals surface area contributed by atoms with E-state index in [-0.39, 0.29) is 48.4 Å². The van der Waals surface area contributed by atoms with Gasteiger partial charge in [-0.25, -0.2) is 9.59 Å². The lowest BCUT2D eigenvalue weighted by Gasteiger charge is -2.19. The third kappa shape index (κ3) is 6.22. The first kappa shape index (κ1) is 22.7. The lowest BCUT2D eigenvalue weighted by molar-refractivity contribution is -0.157. The summed E-state index contributed by atoms with van der Waals surface area (Å²) in [6, 6.07) is 3.07. The Kier molecular flexibility index (Phi) is 7.30. The van der Waals surface area contributed by atoms with E-state index in [4.69, 9.17) is 30.2 Å². The number of hydrogen-bond acceptors (Lipinski definition) is 7. The standard InChI is InChI=1S/C21H25ClO7/c1-6-26-18(23)8-7-13-12(2)14-9-15(22)17(10-16(14)28-20(13)25)27-11-19(24)29-21(3,4)5/h9-10H,6-8,11H2,1-5H3. The van der Waals surface area contributed by atoms with Gasteiger partial charge in [-0.1, -0.05) is 11.6 Å². The monoisotopic (exact) mass is 424 g/mol. The first-order valence-electron chi connectivity index (χ1n) is 9.28. The number of halogens is 1. The molecule has 0 atom stereocenters. The van der Waals surface area contributed by atoms with Gasteiger partial charge in [0.1, 0.15) is 16.9 Å². The topological polar surface area (TPSA) is 92.0 Å². The number of carbonyl (C=O) groups is 2. The Labute approximate surface area is 173 Å². The van der Waals surface area contributed by atoms with Crippen LogP contribution in [0.2, 0.25) is 5.02 Å². The third-order valence-electron chi connectivity index (χ3n) is 3.99. The van der Waals surface area contributed by atoms with Gasteiger partial charge in [0.15, 0.2) is 6.61 Å². The number of carbonyl (C=O) groups excluding carboxylic acids is 2. The quantitative estimate of drug-likeness (QED) is 0.490. The third-order valence-corrected chi connectivity index (χ3v) is 4.29. The van der Waals surface area contributed by atoms with Gasteiger partial charge in [-0.3, -0.25) is 4.79 Å². The van der Waals surface area contributed by atoms with Gasteiger partial charge in [0.2, 0.25) is 0 Å². The lowest BCUT2D eigenvalue weighted by Crippen LogP contribution is -2.27. The van der Waals surface area contributed by atoms with Crippen molar-refractivity contribution >= 4 is 34.5 Å². The minimum atomic E-state index is -0.628. The van der Waals surface area contributed by atoms with E-state index in [2.05, 4.69) is 0 Å². The molecule has 1 heterocycles. The van der Waals surface area contributed by atoms with Crippen LogP contribution >= 0.6 is 11.6 Å². The summed E-state index contributed by atoms with van der Waals surface area (Å²) in [7, 11) is 0. The molecule has 8 heteroatoms. The second-order valence-corrected chi connectivity index (χ2v) is 7.86. The van der Waals surface area contributed by atoms with Crippen LogP contribution in [0.3, 0.4) is 0 Å². The number of rotatable bonds is 7. The number of hydrogen-bond donors (Lipinski definition) is 0. The fraction of sp³-hybridized carbons (Fsp3) is 0.476. The molecule has 0 aliphatic rings. The highest BCUT2D eigenvalue weighted by Gasteiger charge is 2.19. The number of fused-ring (bicyclic) bond motifs is 1. The molecule has 0 aliphatic heterocycles. The molecule has 0 saturated carbocycles. The average Bonchev–Trinajstić information content (AvgIpc) is 2.59. The summed E-state index contributed by atoms with van der Waals surface area (Å²) in [5, 5.41) is 0.882. The SMILES string of the molecule is CCOC(=O)CCc1c(C)c2cc(Cl)c(OCC(=O)OC(C)(C)C)cc2oc1=O. The van der Waals surface area contributed by atoms with E-state index < -0.39 is 17.2 Å². The van der Waals surface area contributed by atoms with Gasteiger partial charge in [-0.2, -0.15) is 0 Å². The summed E-state index contributed by atoms with van der Waals surface area (Å²) in [6.45, 7) is 8.70. The van der Waals surface area contributed by atoms with Crippen molar-refractivity contribution in [1.82, 2.24) is 0 Å². The highest BCUT2D eigenvalue weighted by atomic mass is 35.5. The molecular weight excluding hydrogens is 400 g/mol. The minimum Gasteiger partial charge on any atom is -0.480 e. The summed E-state index contributed by atoms with van der Waals surface area (Å²) >= 11 is 6.28. The van der Waals surface area contributed by atoms with Gasteiger partial charge in [-0.15, -0.1) is 0 Å². The fourth-order valence-electron chi connectivity index (χ4n) is 2.76. The molecule has 0 N–H and O–H groups in total. The Hall–Kier alpha value is -2.54. The zero-order chi connectivity index (χ0) is 21.8. The molecule has 1 aromatic heterocycles. The molecule has 0 radical (unpaired) electrons. The van der Waals surface area contributed by atoms with E-state index in [0.717, 1.165) is 0 Å². The van der Waals surface area contributed by atoms with E-state index in [1.165, 1.54) is 6.07 Å².